The van der Waals surface area contributed by atoms with Crippen molar-refractivity contribution in [2.45, 2.75) is 44.5 Å². The van der Waals surface area contributed by atoms with Gasteiger partial charge in [-0.05, 0) is 23.6 Å². The molecule has 30 heavy (non-hydrogen) atoms. The minimum Gasteiger partial charge on any atom is -0.462 e. The molecule has 1 aliphatic heterocycles. The van der Waals surface area contributed by atoms with Crippen LogP contribution < -0.4 is 0 Å². The number of esters is 1. The van der Waals surface area contributed by atoms with Crippen LogP contribution in [0.15, 0.2) is 72.8 Å². The third-order valence-corrected chi connectivity index (χ3v) is 5.82. The molecule has 0 aromatic heterocycles. The van der Waals surface area contributed by atoms with E-state index >= 15 is 0 Å². The Morgan fingerprint density at radius 2 is 1.73 bits per heavy atom. The number of aryl methyl sites for hydroxylation is 1. The summed E-state index contributed by atoms with van der Waals surface area (Å²) in [5, 5.41) is 0. The van der Waals surface area contributed by atoms with Gasteiger partial charge in [0.1, 0.15) is 18.8 Å². The van der Waals surface area contributed by atoms with Gasteiger partial charge in [0.25, 0.3) is 0 Å². The summed E-state index contributed by atoms with van der Waals surface area (Å²) in [4.78, 5) is 35.3. The molecule has 2 aliphatic rings. The van der Waals surface area contributed by atoms with Gasteiger partial charge in [0.2, 0.25) is 0 Å². The van der Waals surface area contributed by atoms with Crippen LogP contribution in [0.4, 0.5) is 0 Å². The summed E-state index contributed by atoms with van der Waals surface area (Å²) in [5.41, 5.74) is 2.16. The van der Waals surface area contributed by atoms with Crippen molar-refractivity contribution in [1.29, 1.82) is 0 Å². The molecule has 2 fully saturated rings. The Bertz CT molecular complexity index is 877. The van der Waals surface area contributed by atoms with E-state index in [1.807, 2.05) is 66.7 Å². The van der Waals surface area contributed by atoms with Crippen LogP contribution >= 0.6 is 0 Å². The number of fused-ring (bicyclic) bond motifs is 1. The molecule has 2 aromatic carbocycles. The van der Waals surface area contributed by atoms with Gasteiger partial charge in [-0.1, -0.05) is 66.7 Å². The molecule has 4 rings (SSSR count). The lowest BCUT2D eigenvalue weighted by molar-refractivity contribution is -0.337. The molecule has 1 saturated heterocycles. The average molecular weight is 406 g/mol. The van der Waals surface area contributed by atoms with Gasteiger partial charge in [-0.2, -0.15) is 0 Å². The minimum atomic E-state index is -0.241. The highest BCUT2D eigenvalue weighted by atomic mass is 17.2. The fourth-order valence-electron chi connectivity index (χ4n) is 4.24. The third-order valence-electron chi connectivity index (χ3n) is 5.82. The quantitative estimate of drug-likeness (QED) is 0.270. The van der Waals surface area contributed by atoms with Gasteiger partial charge < -0.3 is 4.74 Å². The van der Waals surface area contributed by atoms with E-state index in [1.165, 1.54) is 0 Å². The number of hydrogen-bond acceptors (Lipinski definition) is 5. The van der Waals surface area contributed by atoms with E-state index in [0.29, 0.717) is 32.3 Å². The molecule has 0 N–H and O–H groups in total. The van der Waals surface area contributed by atoms with Crippen LogP contribution in [0.25, 0.3) is 0 Å². The van der Waals surface area contributed by atoms with E-state index in [4.69, 9.17) is 14.5 Å². The summed E-state index contributed by atoms with van der Waals surface area (Å²) in [6.45, 7) is 0.346. The number of hydrogen-bond donors (Lipinski definition) is 0. The van der Waals surface area contributed by atoms with Crippen molar-refractivity contribution in [3.05, 3.63) is 83.9 Å². The van der Waals surface area contributed by atoms with Crippen LogP contribution in [0, 0.1) is 11.8 Å². The second-order valence-electron chi connectivity index (χ2n) is 7.90. The first-order valence-corrected chi connectivity index (χ1v) is 10.5. The third kappa shape index (κ3) is 5.23. The molecular formula is C25H26O5. The van der Waals surface area contributed by atoms with E-state index in [9.17, 15) is 9.59 Å². The molecule has 1 saturated carbocycles. The van der Waals surface area contributed by atoms with Gasteiger partial charge >= 0.3 is 5.97 Å². The van der Waals surface area contributed by atoms with Crippen LogP contribution in [-0.4, -0.2) is 24.0 Å². The molecule has 0 radical (unpaired) electrons. The zero-order chi connectivity index (χ0) is 20.8. The molecule has 0 spiro atoms. The van der Waals surface area contributed by atoms with Crippen molar-refractivity contribution < 1.29 is 24.1 Å². The van der Waals surface area contributed by atoms with Crippen molar-refractivity contribution in [2.24, 2.45) is 11.8 Å². The van der Waals surface area contributed by atoms with E-state index in [-0.39, 0.29) is 35.8 Å². The number of ketones is 1. The summed E-state index contributed by atoms with van der Waals surface area (Å²) < 4.78 is 5.43. The van der Waals surface area contributed by atoms with E-state index < -0.39 is 0 Å². The molecule has 2 aromatic rings. The molecule has 5 heteroatoms. The van der Waals surface area contributed by atoms with Crippen molar-refractivity contribution in [3.8, 4) is 0 Å². The van der Waals surface area contributed by atoms with Crippen LogP contribution in [0.2, 0.25) is 0 Å². The summed E-state index contributed by atoms with van der Waals surface area (Å²) >= 11 is 0. The number of carbonyl (C=O) groups excluding carboxylic acids is 2. The molecule has 0 bridgehead atoms. The van der Waals surface area contributed by atoms with E-state index in [1.54, 1.807) is 6.08 Å². The van der Waals surface area contributed by atoms with E-state index in [2.05, 4.69) is 0 Å². The Hall–Kier alpha value is -2.76. The number of benzene rings is 2. The smallest absolute Gasteiger partial charge is 0.306 e. The average Bonchev–Trinajstić information content (AvgIpc) is 3.28. The highest BCUT2D eigenvalue weighted by molar-refractivity contribution is 5.89. The topological polar surface area (TPSA) is 61.8 Å². The fraction of sp³-hybridized carbons (Fsp3) is 0.360. The molecule has 1 heterocycles. The fourth-order valence-corrected chi connectivity index (χ4v) is 4.24. The minimum absolute atomic E-state index is 0.0287. The lowest BCUT2D eigenvalue weighted by Gasteiger charge is -2.19. The summed E-state index contributed by atoms with van der Waals surface area (Å²) in [7, 11) is 0. The Morgan fingerprint density at radius 3 is 2.47 bits per heavy atom. The molecule has 5 nitrogen and oxygen atoms in total. The highest BCUT2D eigenvalue weighted by Gasteiger charge is 2.50. The maximum absolute atomic E-state index is 12.4. The highest BCUT2D eigenvalue weighted by Crippen LogP contribution is 2.43. The van der Waals surface area contributed by atoms with Crippen LogP contribution in [-0.2, 0) is 37.1 Å². The van der Waals surface area contributed by atoms with Gasteiger partial charge in [0, 0.05) is 24.7 Å². The number of ether oxygens (including phenoxy) is 1. The second-order valence-corrected chi connectivity index (χ2v) is 7.90. The summed E-state index contributed by atoms with van der Waals surface area (Å²) in [5.74, 6) is -0.169. The van der Waals surface area contributed by atoms with Crippen LogP contribution in [0.5, 0.6) is 0 Å². The SMILES string of the molecule is O=C(/C=C/[C@@H]1[C@H]2CC(=O)O[C@H]2C[C@H]1OOCc1ccccc1)CCc1ccccc1. The Morgan fingerprint density at radius 1 is 1.03 bits per heavy atom. The van der Waals surface area contributed by atoms with Crippen LogP contribution in [0.1, 0.15) is 30.4 Å². The molecule has 0 unspecified atom stereocenters. The van der Waals surface area contributed by atoms with Crippen molar-refractivity contribution in [2.75, 3.05) is 0 Å². The van der Waals surface area contributed by atoms with Gasteiger partial charge in [-0.25, -0.2) is 9.78 Å². The Labute approximate surface area is 176 Å². The van der Waals surface area contributed by atoms with Gasteiger partial charge in [-0.3, -0.25) is 9.59 Å². The molecular weight excluding hydrogens is 380 g/mol. The first-order chi connectivity index (χ1) is 14.7. The first kappa shape index (κ1) is 20.5. The lowest BCUT2D eigenvalue weighted by atomic mass is 9.91. The maximum Gasteiger partial charge on any atom is 0.306 e. The van der Waals surface area contributed by atoms with Crippen molar-refractivity contribution >= 4 is 11.8 Å². The summed E-state index contributed by atoms with van der Waals surface area (Å²) in [6.07, 6.45) is 5.21. The first-order valence-electron chi connectivity index (χ1n) is 10.5. The largest absolute Gasteiger partial charge is 0.462 e. The normalized spacial score (nSPS) is 25.4. The Kier molecular flexibility index (Phi) is 6.72. The van der Waals surface area contributed by atoms with Crippen molar-refractivity contribution in [3.63, 3.8) is 0 Å². The number of carbonyl (C=O) groups is 2. The molecule has 0 amide bonds. The van der Waals surface area contributed by atoms with E-state index in [0.717, 1.165) is 11.1 Å². The molecule has 4 atom stereocenters. The van der Waals surface area contributed by atoms with Crippen LogP contribution in [0.3, 0.4) is 0 Å². The van der Waals surface area contributed by atoms with Gasteiger partial charge in [0.15, 0.2) is 5.78 Å². The predicted molar refractivity (Wildman–Crippen MR) is 111 cm³/mol. The standard InChI is InChI=1S/C25H26O5/c26-20(12-11-18-7-3-1-4-8-18)13-14-21-22-15-25(27)29-23(22)16-24(21)30-28-17-19-9-5-2-6-10-19/h1-10,13-14,21-24H,11-12,15-17H2/b14-13+/t21-,22-,23+,24-/m1/s1. The Balaban J connectivity index is 1.34. The molecule has 1 aliphatic carbocycles. The lowest BCUT2D eigenvalue weighted by Crippen LogP contribution is -2.22. The predicted octanol–water partition coefficient (Wildman–Crippen LogP) is 4.21. The van der Waals surface area contributed by atoms with Gasteiger partial charge in [0.05, 0.1) is 6.42 Å². The zero-order valence-electron chi connectivity index (χ0n) is 16.8. The van der Waals surface area contributed by atoms with Gasteiger partial charge in [-0.15, -0.1) is 0 Å². The summed E-state index contributed by atoms with van der Waals surface area (Å²) in [6, 6.07) is 19.7. The number of rotatable bonds is 9. The van der Waals surface area contributed by atoms with Crippen molar-refractivity contribution in [1.82, 2.24) is 0 Å². The second kappa shape index (κ2) is 9.83. The maximum atomic E-state index is 12.4. The molecule has 156 valence electrons. The zero-order valence-corrected chi connectivity index (χ0v) is 16.8. The monoisotopic (exact) mass is 406 g/mol. The number of allylic oxidation sites excluding steroid dienone is 1.